The van der Waals surface area contributed by atoms with Gasteiger partial charge < -0.3 is 14.9 Å². The number of aliphatic hydroxyl groups excluding tert-OH is 2. The quantitative estimate of drug-likeness (QED) is 0.606. The third-order valence-corrected chi connectivity index (χ3v) is 2.18. The molecule has 0 amide bonds. The second kappa shape index (κ2) is 4.60. The van der Waals surface area contributed by atoms with Crippen LogP contribution in [0, 0.1) is 0 Å². The van der Waals surface area contributed by atoms with Crippen LogP contribution in [0.4, 0.5) is 0 Å². The van der Waals surface area contributed by atoms with Crippen molar-refractivity contribution in [3.63, 3.8) is 0 Å². The largest absolute Gasteiger partial charge is 0.394 e. The summed E-state index contributed by atoms with van der Waals surface area (Å²) in [5, 5.41) is 18.0. The van der Waals surface area contributed by atoms with Crippen molar-refractivity contribution in [1.82, 2.24) is 0 Å². The Labute approximate surface area is 72.7 Å². The van der Waals surface area contributed by atoms with Crippen molar-refractivity contribution in [2.45, 2.75) is 37.6 Å². The fourth-order valence-electron chi connectivity index (χ4n) is 1.45. The number of rotatable bonds is 4. The Morgan fingerprint density at radius 3 is 2.67 bits per heavy atom. The Bertz CT molecular complexity index is 147. The van der Waals surface area contributed by atoms with E-state index in [-0.39, 0.29) is 18.8 Å². The van der Waals surface area contributed by atoms with Gasteiger partial charge in [-0.15, -0.1) is 6.58 Å². The van der Waals surface area contributed by atoms with E-state index in [1.165, 1.54) is 6.08 Å². The van der Waals surface area contributed by atoms with Crippen LogP contribution in [0.1, 0.15) is 19.3 Å². The van der Waals surface area contributed by atoms with Crippen molar-refractivity contribution in [3.05, 3.63) is 12.7 Å². The molecule has 0 aromatic heterocycles. The van der Waals surface area contributed by atoms with Gasteiger partial charge in [-0.25, -0.2) is 0 Å². The van der Waals surface area contributed by atoms with Gasteiger partial charge in [-0.3, -0.25) is 0 Å². The van der Waals surface area contributed by atoms with Gasteiger partial charge in [0.2, 0.25) is 0 Å². The van der Waals surface area contributed by atoms with E-state index in [0.29, 0.717) is 6.42 Å². The van der Waals surface area contributed by atoms with E-state index in [9.17, 15) is 5.11 Å². The van der Waals surface area contributed by atoms with Crippen molar-refractivity contribution in [2.75, 3.05) is 6.61 Å². The summed E-state index contributed by atoms with van der Waals surface area (Å²) in [6, 6.07) is 0. The zero-order valence-corrected chi connectivity index (χ0v) is 7.15. The predicted molar refractivity (Wildman–Crippen MR) is 45.8 cm³/mol. The third-order valence-electron chi connectivity index (χ3n) is 2.18. The van der Waals surface area contributed by atoms with E-state index >= 15 is 0 Å². The first kappa shape index (κ1) is 9.71. The number of hydrogen-bond acceptors (Lipinski definition) is 3. The van der Waals surface area contributed by atoms with Crippen molar-refractivity contribution >= 4 is 0 Å². The van der Waals surface area contributed by atoms with E-state index in [0.717, 1.165) is 12.8 Å². The molecule has 1 aliphatic heterocycles. The van der Waals surface area contributed by atoms with Gasteiger partial charge in [0.25, 0.3) is 0 Å². The van der Waals surface area contributed by atoms with Crippen LogP contribution in [0.25, 0.3) is 0 Å². The summed E-state index contributed by atoms with van der Waals surface area (Å²) in [4.78, 5) is 0. The first-order chi connectivity index (χ1) is 5.76. The van der Waals surface area contributed by atoms with Gasteiger partial charge in [0.15, 0.2) is 0 Å². The lowest BCUT2D eigenvalue weighted by molar-refractivity contribution is -0.00447. The Kier molecular flexibility index (Phi) is 3.72. The van der Waals surface area contributed by atoms with E-state index < -0.39 is 6.10 Å². The van der Waals surface area contributed by atoms with Crippen LogP contribution in [-0.2, 0) is 4.74 Å². The molecule has 3 atom stereocenters. The molecule has 0 aromatic rings. The molecule has 1 rings (SSSR count). The van der Waals surface area contributed by atoms with Gasteiger partial charge in [-0.2, -0.15) is 0 Å². The third kappa shape index (κ3) is 2.59. The molecule has 1 aliphatic rings. The summed E-state index contributed by atoms with van der Waals surface area (Å²) in [7, 11) is 0. The summed E-state index contributed by atoms with van der Waals surface area (Å²) < 4.78 is 5.43. The fraction of sp³-hybridized carbons (Fsp3) is 0.778. The number of hydrogen-bond donors (Lipinski definition) is 2. The first-order valence-electron chi connectivity index (χ1n) is 4.33. The lowest BCUT2D eigenvalue weighted by Crippen LogP contribution is -2.18. The minimum Gasteiger partial charge on any atom is -0.394 e. The highest BCUT2D eigenvalue weighted by atomic mass is 16.5. The van der Waals surface area contributed by atoms with Crippen LogP contribution in [0.15, 0.2) is 12.7 Å². The molecule has 0 saturated carbocycles. The Hall–Kier alpha value is -0.380. The second-order valence-electron chi connectivity index (χ2n) is 3.18. The molecule has 0 aliphatic carbocycles. The topological polar surface area (TPSA) is 49.7 Å². The average Bonchev–Trinajstić information content (AvgIpc) is 2.52. The molecule has 0 unspecified atom stereocenters. The Balaban J connectivity index is 2.23. The van der Waals surface area contributed by atoms with Crippen LogP contribution in [-0.4, -0.2) is 35.1 Å². The van der Waals surface area contributed by atoms with Gasteiger partial charge >= 0.3 is 0 Å². The minimum atomic E-state index is -0.479. The molecule has 3 nitrogen and oxygen atoms in total. The molecule has 2 N–H and O–H groups in total. The molecule has 3 heteroatoms. The summed E-state index contributed by atoms with van der Waals surface area (Å²) in [5.74, 6) is 0. The van der Waals surface area contributed by atoms with E-state index in [1.807, 2.05) is 0 Å². The van der Waals surface area contributed by atoms with E-state index in [1.54, 1.807) is 0 Å². The monoisotopic (exact) mass is 172 g/mol. The number of aliphatic hydroxyl groups is 2. The SMILES string of the molecule is C=C[C@@H](O)C[C@@H]1CC[C@@H](CO)O1. The molecule has 12 heavy (non-hydrogen) atoms. The van der Waals surface area contributed by atoms with Crippen LogP contribution in [0.2, 0.25) is 0 Å². The van der Waals surface area contributed by atoms with Gasteiger partial charge in [0.1, 0.15) is 0 Å². The van der Waals surface area contributed by atoms with Crippen LogP contribution in [0.5, 0.6) is 0 Å². The van der Waals surface area contributed by atoms with E-state index in [2.05, 4.69) is 6.58 Å². The van der Waals surface area contributed by atoms with Crippen LogP contribution in [0.3, 0.4) is 0 Å². The Morgan fingerprint density at radius 2 is 2.17 bits per heavy atom. The smallest absolute Gasteiger partial charge is 0.0810 e. The molecule has 1 fully saturated rings. The van der Waals surface area contributed by atoms with Crippen LogP contribution < -0.4 is 0 Å². The standard InChI is InChI=1S/C9H16O3/c1-2-7(11)5-8-3-4-9(6-10)12-8/h2,7-11H,1,3-6H2/t7-,8+,9+/m1/s1. The number of ether oxygens (including phenoxy) is 1. The fourth-order valence-corrected chi connectivity index (χ4v) is 1.45. The van der Waals surface area contributed by atoms with Crippen LogP contribution >= 0.6 is 0 Å². The molecule has 0 bridgehead atoms. The molecule has 0 spiro atoms. The van der Waals surface area contributed by atoms with Gasteiger partial charge in [-0.05, 0) is 12.8 Å². The maximum atomic E-state index is 9.22. The highest BCUT2D eigenvalue weighted by Crippen LogP contribution is 2.22. The molecular weight excluding hydrogens is 156 g/mol. The minimum absolute atomic E-state index is 0.0213. The zero-order valence-electron chi connectivity index (χ0n) is 7.15. The molecule has 0 radical (unpaired) electrons. The van der Waals surface area contributed by atoms with Crippen molar-refractivity contribution in [2.24, 2.45) is 0 Å². The predicted octanol–water partition coefficient (Wildman–Crippen LogP) is 0.463. The zero-order chi connectivity index (χ0) is 8.97. The molecule has 1 heterocycles. The Morgan fingerprint density at radius 1 is 1.50 bits per heavy atom. The normalized spacial score (nSPS) is 31.8. The van der Waals surface area contributed by atoms with E-state index in [4.69, 9.17) is 9.84 Å². The summed E-state index contributed by atoms with van der Waals surface area (Å²) in [6.07, 6.45) is 3.52. The highest BCUT2D eigenvalue weighted by molar-refractivity contribution is 4.83. The van der Waals surface area contributed by atoms with Crippen molar-refractivity contribution in [1.29, 1.82) is 0 Å². The molecule has 0 aromatic carbocycles. The lowest BCUT2D eigenvalue weighted by Gasteiger charge is -2.13. The molecule has 70 valence electrons. The average molecular weight is 172 g/mol. The van der Waals surface area contributed by atoms with Gasteiger partial charge in [-0.1, -0.05) is 6.08 Å². The lowest BCUT2D eigenvalue weighted by atomic mass is 10.1. The summed E-state index contributed by atoms with van der Waals surface area (Å²) in [5.41, 5.74) is 0. The second-order valence-corrected chi connectivity index (χ2v) is 3.18. The van der Waals surface area contributed by atoms with Gasteiger partial charge in [0, 0.05) is 6.42 Å². The highest BCUT2D eigenvalue weighted by Gasteiger charge is 2.25. The summed E-state index contributed by atoms with van der Waals surface area (Å²) in [6.45, 7) is 3.57. The maximum absolute atomic E-state index is 9.22. The molecular formula is C9H16O3. The maximum Gasteiger partial charge on any atom is 0.0810 e. The summed E-state index contributed by atoms with van der Waals surface area (Å²) >= 11 is 0. The molecule has 1 saturated heterocycles. The van der Waals surface area contributed by atoms with Crippen molar-refractivity contribution in [3.8, 4) is 0 Å². The van der Waals surface area contributed by atoms with Crippen molar-refractivity contribution < 1.29 is 14.9 Å². The first-order valence-corrected chi connectivity index (χ1v) is 4.33. The van der Waals surface area contributed by atoms with Gasteiger partial charge in [0.05, 0.1) is 24.9 Å².